The van der Waals surface area contributed by atoms with E-state index in [9.17, 15) is 9.59 Å². The summed E-state index contributed by atoms with van der Waals surface area (Å²) in [5.41, 5.74) is 2.24. The van der Waals surface area contributed by atoms with Gasteiger partial charge in [0.2, 0.25) is 0 Å². The van der Waals surface area contributed by atoms with Crippen molar-refractivity contribution in [3.8, 4) is 0 Å². The molecule has 0 bridgehead atoms. The first-order chi connectivity index (χ1) is 11.3. The predicted molar refractivity (Wildman–Crippen MR) is 92.2 cm³/mol. The van der Waals surface area contributed by atoms with Gasteiger partial charge in [-0.15, -0.1) is 0 Å². The van der Waals surface area contributed by atoms with Crippen LogP contribution in [-0.2, 0) is 14.3 Å². The number of Topliss-reactive ketones (excluding diaryl/α,β-unsaturated/α-hetero) is 2. The fourth-order valence-corrected chi connectivity index (χ4v) is 6.54. The Morgan fingerprint density at radius 2 is 1.75 bits per heavy atom. The van der Waals surface area contributed by atoms with Gasteiger partial charge < -0.3 is 4.74 Å². The number of carbonyl (C=O) groups is 2. The van der Waals surface area contributed by atoms with Gasteiger partial charge in [0.05, 0.1) is 7.11 Å². The number of carbonyl (C=O) groups excluding carboxylic acids is 2. The van der Waals surface area contributed by atoms with Crippen LogP contribution in [0.15, 0.2) is 23.0 Å². The number of allylic oxidation sites excluding steroid dienone is 4. The molecule has 3 heteroatoms. The Kier molecular flexibility index (Phi) is 3.40. The molecule has 0 radical (unpaired) electrons. The van der Waals surface area contributed by atoms with Gasteiger partial charge in [-0.2, -0.15) is 0 Å². The lowest BCUT2D eigenvalue weighted by Gasteiger charge is -2.55. The van der Waals surface area contributed by atoms with Crippen LogP contribution in [0.25, 0.3) is 0 Å². The lowest BCUT2D eigenvalue weighted by Crippen LogP contribution is -2.50. The van der Waals surface area contributed by atoms with E-state index in [1.165, 1.54) is 5.57 Å². The third-order valence-corrected chi connectivity index (χ3v) is 7.82. The minimum absolute atomic E-state index is 0.00964. The van der Waals surface area contributed by atoms with Crippen LogP contribution in [0.1, 0.15) is 59.3 Å². The molecule has 0 amide bonds. The fraction of sp³-hybridized carbons (Fsp3) is 0.714. The van der Waals surface area contributed by atoms with E-state index in [1.807, 2.05) is 0 Å². The molecule has 0 N–H and O–H groups in total. The molecule has 0 heterocycles. The highest BCUT2D eigenvalue weighted by Gasteiger charge is 2.59. The summed E-state index contributed by atoms with van der Waals surface area (Å²) in [6.07, 6.45) is 7.74. The normalized spacial score (nSPS) is 44.7. The first-order valence-electron chi connectivity index (χ1n) is 9.37. The molecule has 4 rings (SSSR count). The van der Waals surface area contributed by atoms with E-state index in [4.69, 9.17) is 4.74 Å². The van der Waals surface area contributed by atoms with Crippen LogP contribution >= 0.6 is 0 Å². The summed E-state index contributed by atoms with van der Waals surface area (Å²) in [6, 6.07) is 0. The molecule has 24 heavy (non-hydrogen) atoms. The molecule has 5 atom stereocenters. The van der Waals surface area contributed by atoms with E-state index in [2.05, 4.69) is 26.8 Å². The van der Waals surface area contributed by atoms with Crippen molar-refractivity contribution in [2.24, 2.45) is 28.6 Å². The molecule has 0 unspecified atom stereocenters. The van der Waals surface area contributed by atoms with Gasteiger partial charge >= 0.3 is 0 Å². The van der Waals surface area contributed by atoms with Gasteiger partial charge in [0.15, 0.2) is 11.5 Å². The molecule has 2 saturated carbocycles. The van der Waals surface area contributed by atoms with Crippen LogP contribution in [0.4, 0.5) is 0 Å². The summed E-state index contributed by atoms with van der Waals surface area (Å²) < 4.78 is 5.55. The van der Waals surface area contributed by atoms with Crippen LogP contribution in [0, 0.1) is 28.6 Å². The maximum atomic E-state index is 12.5. The first kappa shape index (κ1) is 16.1. The molecule has 4 aliphatic carbocycles. The highest BCUT2D eigenvalue weighted by atomic mass is 16.5. The van der Waals surface area contributed by atoms with Crippen molar-refractivity contribution in [3.05, 3.63) is 23.0 Å². The van der Waals surface area contributed by atoms with Crippen molar-refractivity contribution in [2.45, 2.75) is 59.3 Å². The number of fused-ring (bicyclic) bond motifs is 5. The van der Waals surface area contributed by atoms with E-state index in [-0.39, 0.29) is 16.6 Å². The van der Waals surface area contributed by atoms with E-state index >= 15 is 0 Å². The Morgan fingerprint density at radius 3 is 2.46 bits per heavy atom. The average molecular weight is 328 g/mol. The van der Waals surface area contributed by atoms with Crippen LogP contribution < -0.4 is 0 Å². The maximum absolute atomic E-state index is 12.5. The standard InChI is InChI=1S/C21H28O3/c1-12-11-13-14-5-6-17(23)20(14,2)9-7-15(13)21(3)10-8-16(22)19(24-4)18(12)21/h11,13-15H,5-10H2,1-4H3/t13-,14-,15-,20-,21+/m0/s1. The lowest BCUT2D eigenvalue weighted by atomic mass is 9.48. The molecule has 3 nitrogen and oxygen atoms in total. The maximum Gasteiger partial charge on any atom is 0.197 e. The summed E-state index contributed by atoms with van der Waals surface area (Å²) in [6.45, 7) is 6.66. The van der Waals surface area contributed by atoms with Crippen molar-refractivity contribution in [1.82, 2.24) is 0 Å². The van der Waals surface area contributed by atoms with E-state index in [1.54, 1.807) is 7.11 Å². The van der Waals surface area contributed by atoms with Gasteiger partial charge in [0.1, 0.15) is 5.78 Å². The zero-order chi connectivity index (χ0) is 17.3. The SMILES string of the molecule is COC1=C2C(C)=C[C@@H]3[C@H](CC[C@]4(C)C(=O)CC[C@@H]34)[C@@]2(C)CCC1=O. The van der Waals surface area contributed by atoms with Gasteiger partial charge in [-0.05, 0) is 55.9 Å². The molecule has 0 spiro atoms. The van der Waals surface area contributed by atoms with Crippen LogP contribution in [0.2, 0.25) is 0 Å². The van der Waals surface area contributed by atoms with Crippen molar-refractivity contribution >= 4 is 11.6 Å². The predicted octanol–water partition coefficient (Wildman–Crippen LogP) is 4.23. The van der Waals surface area contributed by atoms with Gasteiger partial charge in [0.25, 0.3) is 0 Å². The Balaban J connectivity index is 1.86. The molecule has 0 aliphatic heterocycles. The summed E-state index contributed by atoms with van der Waals surface area (Å²) in [5, 5.41) is 0. The molecule has 0 aromatic heterocycles. The van der Waals surface area contributed by atoms with Crippen molar-refractivity contribution < 1.29 is 14.3 Å². The minimum atomic E-state index is -0.121. The topological polar surface area (TPSA) is 43.4 Å². The Labute approximate surface area is 144 Å². The van der Waals surface area contributed by atoms with Gasteiger partial charge in [-0.1, -0.05) is 19.9 Å². The smallest absolute Gasteiger partial charge is 0.197 e. The Bertz CT molecular complexity index is 685. The summed E-state index contributed by atoms with van der Waals surface area (Å²) >= 11 is 0. The van der Waals surface area contributed by atoms with E-state index in [0.29, 0.717) is 35.7 Å². The summed E-state index contributed by atoms with van der Waals surface area (Å²) in [4.78, 5) is 24.8. The number of hydrogen-bond donors (Lipinski definition) is 0. The summed E-state index contributed by atoms with van der Waals surface area (Å²) in [5.74, 6) is 2.67. The molecule has 0 saturated heterocycles. The highest BCUT2D eigenvalue weighted by Crippen LogP contribution is 2.64. The van der Waals surface area contributed by atoms with Gasteiger partial charge in [-0.25, -0.2) is 0 Å². The fourth-order valence-electron chi connectivity index (χ4n) is 6.54. The number of methoxy groups -OCH3 is 1. The van der Waals surface area contributed by atoms with Crippen LogP contribution in [0.5, 0.6) is 0 Å². The number of hydrogen-bond acceptors (Lipinski definition) is 3. The van der Waals surface area contributed by atoms with Crippen LogP contribution in [-0.4, -0.2) is 18.7 Å². The number of ketones is 2. The Hall–Kier alpha value is -1.38. The number of ether oxygens (including phenoxy) is 1. The molecule has 2 fully saturated rings. The molecule has 0 aromatic rings. The van der Waals surface area contributed by atoms with E-state index < -0.39 is 0 Å². The Morgan fingerprint density at radius 1 is 1.04 bits per heavy atom. The zero-order valence-electron chi connectivity index (χ0n) is 15.3. The van der Waals surface area contributed by atoms with Crippen LogP contribution in [0.3, 0.4) is 0 Å². The second-order valence-electron chi connectivity index (χ2n) is 8.81. The molecular formula is C21H28O3. The van der Waals surface area contributed by atoms with Crippen molar-refractivity contribution in [2.75, 3.05) is 7.11 Å². The number of rotatable bonds is 1. The largest absolute Gasteiger partial charge is 0.493 e. The second-order valence-corrected chi connectivity index (χ2v) is 8.81. The van der Waals surface area contributed by atoms with Crippen molar-refractivity contribution in [3.63, 3.8) is 0 Å². The second kappa shape index (κ2) is 5.06. The van der Waals surface area contributed by atoms with Gasteiger partial charge in [0, 0.05) is 29.2 Å². The lowest BCUT2D eigenvalue weighted by molar-refractivity contribution is -0.130. The molecule has 0 aromatic carbocycles. The first-order valence-corrected chi connectivity index (χ1v) is 9.37. The minimum Gasteiger partial charge on any atom is -0.493 e. The average Bonchev–Trinajstić information content (AvgIpc) is 2.84. The van der Waals surface area contributed by atoms with E-state index in [0.717, 1.165) is 37.7 Å². The zero-order valence-corrected chi connectivity index (χ0v) is 15.3. The quantitative estimate of drug-likeness (QED) is 0.723. The third kappa shape index (κ3) is 1.84. The molecule has 4 aliphatic rings. The molecular weight excluding hydrogens is 300 g/mol. The van der Waals surface area contributed by atoms with Crippen molar-refractivity contribution in [1.29, 1.82) is 0 Å². The monoisotopic (exact) mass is 328 g/mol. The molecule has 130 valence electrons. The van der Waals surface area contributed by atoms with Gasteiger partial charge in [-0.3, -0.25) is 9.59 Å². The summed E-state index contributed by atoms with van der Waals surface area (Å²) in [7, 11) is 1.62. The third-order valence-electron chi connectivity index (χ3n) is 7.82. The highest BCUT2D eigenvalue weighted by molar-refractivity contribution is 5.96.